The molecule has 0 aliphatic heterocycles. The van der Waals surface area contributed by atoms with Crippen LogP contribution in [0.3, 0.4) is 0 Å². The summed E-state index contributed by atoms with van der Waals surface area (Å²) >= 11 is 0. The van der Waals surface area contributed by atoms with Gasteiger partial charge in [-0.3, -0.25) is 4.57 Å². The molecular weight excluding hydrogens is 341 g/mol. The van der Waals surface area contributed by atoms with Gasteiger partial charge in [0.15, 0.2) is 5.78 Å². The number of amides is 1. The summed E-state index contributed by atoms with van der Waals surface area (Å²) in [7, 11) is -4.10. The summed E-state index contributed by atoms with van der Waals surface area (Å²) in [6, 6.07) is 17.7. The van der Waals surface area contributed by atoms with Gasteiger partial charge in [-0.05, 0) is 17.5 Å². The molecule has 0 saturated heterocycles. The fourth-order valence-corrected chi connectivity index (χ4v) is 3.57. The minimum Gasteiger partial charge on any atom is -0.445 e. The van der Waals surface area contributed by atoms with Gasteiger partial charge in [0.05, 0.1) is 6.61 Å². The van der Waals surface area contributed by atoms with Gasteiger partial charge in [0.25, 0.3) is 0 Å². The number of nitrogens with one attached hydrogen (secondary N) is 1. The molecule has 2 rings (SSSR count). The van der Waals surface area contributed by atoms with Crippen LogP contribution in [-0.4, -0.2) is 17.6 Å². The predicted octanol–water partition coefficient (Wildman–Crippen LogP) is 4.22. The fraction of sp³-hybridized carbons (Fsp3) is 0.278. The highest BCUT2D eigenvalue weighted by atomic mass is 31.2. The topological polar surface area (TPSA) is 84.9 Å². The van der Waals surface area contributed by atoms with E-state index in [9.17, 15) is 14.3 Å². The van der Waals surface area contributed by atoms with Gasteiger partial charge in [0, 0.05) is 0 Å². The van der Waals surface area contributed by atoms with Crippen molar-refractivity contribution in [3.63, 3.8) is 0 Å². The van der Waals surface area contributed by atoms with Crippen LogP contribution in [0, 0.1) is 0 Å². The van der Waals surface area contributed by atoms with Crippen molar-refractivity contribution in [2.45, 2.75) is 25.7 Å². The molecule has 0 heterocycles. The number of benzene rings is 2. The Kier molecular flexibility index (Phi) is 7.19. The summed E-state index contributed by atoms with van der Waals surface area (Å²) < 4.78 is 22.8. The van der Waals surface area contributed by atoms with E-state index in [1.807, 2.05) is 37.3 Å². The van der Waals surface area contributed by atoms with Gasteiger partial charge in [0.1, 0.15) is 6.61 Å². The summed E-state index contributed by atoms with van der Waals surface area (Å²) in [4.78, 5) is 22.4. The Morgan fingerprint density at radius 3 is 2.32 bits per heavy atom. The van der Waals surface area contributed by atoms with Crippen molar-refractivity contribution in [1.82, 2.24) is 5.32 Å². The largest absolute Gasteiger partial charge is 0.445 e. The predicted molar refractivity (Wildman–Crippen MR) is 95.0 cm³/mol. The van der Waals surface area contributed by atoms with E-state index in [2.05, 4.69) is 5.32 Å². The fourth-order valence-electron chi connectivity index (χ4n) is 2.16. The van der Waals surface area contributed by atoms with Crippen LogP contribution < -0.4 is 5.32 Å². The van der Waals surface area contributed by atoms with Gasteiger partial charge < -0.3 is 19.5 Å². The molecule has 0 aliphatic carbocycles. The molecule has 0 bridgehead atoms. The monoisotopic (exact) mass is 363 g/mol. The van der Waals surface area contributed by atoms with Crippen LogP contribution in [0.15, 0.2) is 60.7 Å². The van der Waals surface area contributed by atoms with Crippen molar-refractivity contribution in [2.24, 2.45) is 0 Å². The minimum absolute atomic E-state index is 0.0692. The molecule has 25 heavy (non-hydrogen) atoms. The lowest BCUT2D eigenvalue weighted by Crippen LogP contribution is -2.29. The van der Waals surface area contributed by atoms with Gasteiger partial charge in [-0.15, -0.1) is 0 Å². The van der Waals surface area contributed by atoms with Gasteiger partial charge >= 0.3 is 13.7 Å². The third-order valence-corrected chi connectivity index (χ3v) is 5.02. The first-order valence-corrected chi connectivity index (χ1v) is 9.67. The standard InChI is InChI=1S/C18H22NO5P/c1-2-13-24-25(21,22)17(16-11-7-4-8-12-16)19-18(20)23-14-15-9-5-3-6-10-15/h3-12,17H,2,13-14H2,1H3,(H,19,20)(H,21,22). The first-order chi connectivity index (χ1) is 12.0. The van der Waals surface area contributed by atoms with E-state index in [0.717, 1.165) is 5.56 Å². The van der Waals surface area contributed by atoms with Crippen LogP contribution in [0.1, 0.15) is 30.3 Å². The number of ether oxygens (including phenoxy) is 1. The summed E-state index contributed by atoms with van der Waals surface area (Å²) in [6.07, 6.45) is -0.197. The Morgan fingerprint density at radius 2 is 1.72 bits per heavy atom. The van der Waals surface area contributed by atoms with Crippen molar-refractivity contribution in [3.8, 4) is 0 Å². The molecule has 0 spiro atoms. The van der Waals surface area contributed by atoms with Crippen molar-refractivity contribution < 1.29 is 23.5 Å². The van der Waals surface area contributed by atoms with Gasteiger partial charge in [-0.1, -0.05) is 67.6 Å². The van der Waals surface area contributed by atoms with Crippen molar-refractivity contribution >= 4 is 13.7 Å². The summed E-state index contributed by atoms with van der Waals surface area (Å²) in [5.41, 5.74) is 1.30. The number of rotatable bonds is 8. The lowest BCUT2D eigenvalue weighted by Gasteiger charge is -2.23. The molecule has 0 aromatic heterocycles. The average molecular weight is 363 g/mol. The number of hydrogen-bond donors (Lipinski definition) is 2. The number of carbonyl (C=O) groups excluding carboxylic acids is 1. The molecule has 2 unspecified atom stereocenters. The molecule has 2 N–H and O–H groups in total. The number of carbonyl (C=O) groups is 1. The van der Waals surface area contributed by atoms with Crippen LogP contribution in [0.2, 0.25) is 0 Å². The molecule has 2 aromatic carbocycles. The lowest BCUT2D eigenvalue weighted by atomic mass is 10.2. The Balaban J connectivity index is 2.07. The van der Waals surface area contributed by atoms with Crippen LogP contribution in [0.5, 0.6) is 0 Å². The molecule has 7 heteroatoms. The first-order valence-electron chi connectivity index (χ1n) is 8.02. The van der Waals surface area contributed by atoms with E-state index in [-0.39, 0.29) is 13.2 Å². The molecular formula is C18H22NO5P. The summed E-state index contributed by atoms with van der Waals surface area (Å²) in [5.74, 6) is -1.19. The number of alkyl carbamates (subject to hydrolysis) is 1. The maximum absolute atomic E-state index is 12.5. The quantitative estimate of drug-likeness (QED) is 0.686. The van der Waals surface area contributed by atoms with Crippen LogP contribution in [0.25, 0.3) is 0 Å². The van der Waals surface area contributed by atoms with E-state index in [0.29, 0.717) is 12.0 Å². The minimum atomic E-state index is -4.10. The molecule has 1 amide bonds. The SMILES string of the molecule is CCCOP(=O)(O)C(NC(=O)OCc1ccccc1)c1ccccc1. The van der Waals surface area contributed by atoms with E-state index in [4.69, 9.17) is 9.26 Å². The molecule has 0 aliphatic rings. The zero-order valence-electron chi connectivity index (χ0n) is 14.0. The van der Waals surface area contributed by atoms with Crippen molar-refractivity contribution in [3.05, 3.63) is 71.8 Å². The second kappa shape index (κ2) is 9.37. The zero-order valence-corrected chi connectivity index (χ0v) is 14.9. The highest BCUT2D eigenvalue weighted by Gasteiger charge is 2.35. The van der Waals surface area contributed by atoms with Crippen LogP contribution in [0.4, 0.5) is 4.79 Å². The van der Waals surface area contributed by atoms with Gasteiger partial charge in [0.2, 0.25) is 0 Å². The zero-order chi connectivity index (χ0) is 18.1. The average Bonchev–Trinajstić information content (AvgIpc) is 2.64. The van der Waals surface area contributed by atoms with E-state index >= 15 is 0 Å². The third-order valence-electron chi connectivity index (χ3n) is 3.39. The number of hydrogen-bond acceptors (Lipinski definition) is 4. The maximum Gasteiger partial charge on any atom is 0.408 e. The molecule has 134 valence electrons. The van der Waals surface area contributed by atoms with E-state index < -0.39 is 19.5 Å². The molecule has 0 radical (unpaired) electrons. The Bertz CT molecular complexity index is 708. The second-order valence-electron chi connectivity index (χ2n) is 5.42. The van der Waals surface area contributed by atoms with Crippen LogP contribution >= 0.6 is 7.60 Å². The second-order valence-corrected chi connectivity index (χ2v) is 7.32. The van der Waals surface area contributed by atoms with Gasteiger partial charge in [-0.25, -0.2) is 4.79 Å². The first kappa shape index (κ1) is 19.2. The molecule has 0 fully saturated rings. The van der Waals surface area contributed by atoms with Crippen molar-refractivity contribution in [2.75, 3.05) is 6.61 Å². The van der Waals surface area contributed by atoms with E-state index in [1.165, 1.54) is 0 Å². The van der Waals surface area contributed by atoms with Crippen LogP contribution in [-0.2, 0) is 20.4 Å². The Morgan fingerprint density at radius 1 is 1.12 bits per heavy atom. The normalized spacial score (nSPS) is 14.3. The van der Waals surface area contributed by atoms with Crippen molar-refractivity contribution in [1.29, 1.82) is 0 Å². The molecule has 2 atom stereocenters. The van der Waals surface area contributed by atoms with Gasteiger partial charge in [-0.2, -0.15) is 0 Å². The maximum atomic E-state index is 12.5. The lowest BCUT2D eigenvalue weighted by molar-refractivity contribution is 0.136. The smallest absolute Gasteiger partial charge is 0.408 e. The highest BCUT2D eigenvalue weighted by Crippen LogP contribution is 2.55. The highest BCUT2D eigenvalue weighted by molar-refractivity contribution is 7.53. The summed E-state index contributed by atoms with van der Waals surface area (Å²) in [6.45, 7) is 2.02. The molecule has 6 nitrogen and oxygen atoms in total. The Hall–Kier alpha value is -2.14. The molecule has 2 aromatic rings. The Labute approximate surface area is 147 Å². The molecule has 0 saturated carbocycles. The van der Waals surface area contributed by atoms with E-state index in [1.54, 1.807) is 30.3 Å². The third kappa shape index (κ3) is 6.02. The summed E-state index contributed by atoms with van der Waals surface area (Å²) in [5, 5.41) is 2.45.